The summed E-state index contributed by atoms with van der Waals surface area (Å²) in [5.41, 5.74) is 14.7. The van der Waals surface area contributed by atoms with Gasteiger partial charge in [-0.25, -0.2) is 0 Å². The number of nitrogens with two attached hydrogens (primary N) is 1. The number of aromatic nitrogens is 1. The number of H-pyrrole nitrogens is 1. The van der Waals surface area contributed by atoms with Crippen LogP contribution in [0.1, 0.15) is 32.3 Å². The highest BCUT2D eigenvalue weighted by Crippen LogP contribution is 2.35. The van der Waals surface area contributed by atoms with Gasteiger partial charge in [-0.3, -0.25) is 0 Å². The van der Waals surface area contributed by atoms with Crippen LogP contribution < -0.4 is 10.6 Å². The van der Waals surface area contributed by atoms with Crippen molar-refractivity contribution in [3.05, 3.63) is 78.4 Å². The molecule has 1 aromatic heterocycles. The van der Waals surface area contributed by atoms with Crippen LogP contribution in [-0.4, -0.2) is 24.6 Å². The minimum atomic E-state index is 0.742. The molecule has 0 atom stereocenters. The quantitative estimate of drug-likeness (QED) is 0.304. The number of unbranched alkanes of at least 4 members (excludes halogenated alkanes) is 1. The molecule has 3 nitrogen and oxygen atoms in total. The first-order valence-corrected chi connectivity index (χ1v) is 11.5. The highest BCUT2D eigenvalue weighted by atomic mass is 15.1. The van der Waals surface area contributed by atoms with E-state index in [4.69, 9.17) is 5.73 Å². The molecule has 0 saturated carbocycles. The number of rotatable bonds is 9. The molecule has 0 radical (unpaired) electrons. The van der Waals surface area contributed by atoms with Gasteiger partial charge in [-0.1, -0.05) is 48.5 Å². The van der Waals surface area contributed by atoms with E-state index in [2.05, 4.69) is 96.5 Å². The normalized spacial score (nSPS) is 11.2. The maximum absolute atomic E-state index is 5.79. The largest absolute Gasteiger partial charge is 0.372 e. The van der Waals surface area contributed by atoms with Crippen molar-refractivity contribution in [3.63, 3.8) is 0 Å². The van der Waals surface area contributed by atoms with E-state index in [1.807, 2.05) is 0 Å². The smallest absolute Gasteiger partial charge is 0.0497 e. The summed E-state index contributed by atoms with van der Waals surface area (Å²) in [6.45, 7) is 7.19. The molecule has 1 heterocycles. The molecule has 4 aromatic rings. The Bertz CT molecular complexity index is 1110. The summed E-state index contributed by atoms with van der Waals surface area (Å²) in [5, 5.41) is 1.32. The number of nitrogens with zero attached hydrogens (tertiary/aromatic N) is 1. The number of aromatic amines is 1. The molecule has 3 N–H and O–H groups in total. The minimum absolute atomic E-state index is 0.742. The van der Waals surface area contributed by atoms with Crippen molar-refractivity contribution in [1.29, 1.82) is 0 Å². The lowest BCUT2D eigenvalue weighted by molar-refractivity contribution is 0.748. The van der Waals surface area contributed by atoms with E-state index in [1.165, 1.54) is 44.5 Å². The Hall–Kier alpha value is -3.04. The fourth-order valence-corrected chi connectivity index (χ4v) is 4.44. The van der Waals surface area contributed by atoms with Gasteiger partial charge < -0.3 is 15.6 Å². The fraction of sp³-hybridized carbons (Fsp3) is 0.286. The molecule has 0 amide bonds. The predicted molar refractivity (Wildman–Crippen MR) is 135 cm³/mol. The van der Waals surface area contributed by atoms with Gasteiger partial charge in [0, 0.05) is 35.4 Å². The number of fused-ring (bicyclic) bond motifs is 1. The van der Waals surface area contributed by atoms with Gasteiger partial charge in [-0.15, -0.1) is 0 Å². The van der Waals surface area contributed by atoms with Crippen LogP contribution in [0.15, 0.2) is 72.8 Å². The minimum Gasteiger partial charge on any atom is -0.372 e. The van der Waals surface area contributed by atoms with E-state index in [1.54, 1.807) is 0 Å². The second-order valence-electron chi connectivity index (χ2n) is 8.07. The Labute approximate surface area is 185 Å². The molecule has 0 aliphatic rings. The lowest BCUT2D eigenvalue weighted by Crippen LogP contribution is -2.21. The van der Waals surface area contributed by atoms with Crippen LogP contribution in [0.25, 0.3) is 33.3 Å². The zero-order valence-corrected chi connectivity index (χ0v) is 18.7. The van der Waals surface area contributed by atoms with Crippen LogP contribution in [0.5, 0.6) is 0 Å². The number of aryl methyl sites for hydroxylation is 1. The van der Waals surface area contributed by atoms with E-state index in [0.29, 0.717) is 0 Å². The van der Waals surface area contributed by atoms with Crippen LogP contribution in [0.2, 0.25) is 0 Å². The summed E-state index contributed by atoms with van der Waals surface area (Å²) in [6.07, 6.45) is 3.18. The average molecular weight is 412 g/mol. The summed E-state index contributed by atoms with van der Waals surface area (Å²) in [4.78, 5) is 6.10. The highest BCUT2D eigenvalue weighted by molar-refractivity contribution is 5.94. The molecule has 0 aliphatic carbocycles. The van der Waals surface area contributed by atoms with Gasteiger partial charge in [0.05, 0.1) is 0 Å². The van der Waals surface area contributed by atoms with E-state index < -0.39 is 0 Å². The first-order valence-electron chi connectivity index (χ1n) is 11.5. The van der Waals surface area contributed by atoms with Crippen molar-refractivity contribution in [2.24, 2.45) is 5.73 Å². The van der Waals surface area contributed by atoms with Crippen molar-refractivity contribution in [3.8, 4) is 22.4 Å². The number of benzene rings is 3. The second kappa shape index (κ2) is 9.84. The Balaban J connectivity index is 1.77. The molecule has 0 aliphatic heterocycles. The summed E-state index contributed by atoms with van der Waals surface area (Å²) >= 11 is 0. The summed E-state index contributed by atoms with van der Waals surface area (Å²) in [5.74, 6) is 0. The molecular formula is C28H33N3. The van der Waals surface area contributed by atoms with Crippen LogP contribution in [0, 0.1) is 0 Å². The van der Waals surface area contributed by atoms with Crippen LogP contribution in [0.3, 0.4) is 0 Å². The third-order valence-corrected chi connectivity index (χ3v) is 6.18. The lowest BCUT2D eigenvalue weighted by Gasteiger charge is -2.21. The molecule has 0 bridgehead atoms. The van der Waals surface area contributed by atoms with Crippen LogP contribution >= 0.6 is 0 Å². The molecule has 3 aromatic carbocycles. The SMILES string of the molecule is CCN(CC)c1ccc(-c2[nH]c3ccc(-c4ccccc4)cc3c2CCCCN)cc1. The number of hydrogen-bond acceptors (Lipinski definition) is 2. The Morgan fingerprint density at radius 3 is 2.16 bits per heavy atom. The number of hydrogen-bond donors (Lipinski definition) is 2. The van der Waals surface area contributed by atoms with E-state index in [-0.39, 0.29) is 0 Å². The molecule has 0 unspecified atom stereocenters. The molecule has 4 rings (SSSR count). The first-order chi connectivity index (χ1) is 15.2. The topological polar surface area (TPSA) is 45.0 Å². The maximum atomic E-state index is 5.79. The maximum Gasteiger partial charge on any atom is 0.0497 e. The van der Waals surface area contributed by atoms with Gasteiger partial charge in [0.15, 0.2) is 0 Å². The van der Waals surface area contributed by atoms with E-state index in [0.717, 1.165) is 38.9 Å². The molecule has 0 spiro atoms. The molecule has 160 valence electrons. The third kappa shape index (κ3) is 4.52. The third-order valence-electron chi connectivity index (χ3n) is 6.18. The number of nitrogens with one attached hydrogen (secondary N) is 1. The first kappa shape index (κ1) is 21.2. The van der Waals surface area contributed by atoms with Gasteiger partial charge in [0.25, 0.3) is 0 Å². The molecular weight excluding hydrogens is 378 g/mol. The summed E-state index contributed by atoms with van der Waals surface area (Å²) in [7, 11) is 0. The summed E-state index contributed by atoms with van der Waals surface area (Å²) in [6, 6.07) is 26.4. The molecule has 0 saturated heterocycles. The second-order valence-corrected chi connectivity index (χ2v) is 8.07. The Kier molecular flexibility index (Phi) is 6.73. The van der Waals surface area contributed by atoms with Gasteiger partial charge in [0.2, 0.25) is 0 Å². The average Bonchev–Trinajstić information content (AvgIpc) is 3.19. The van der Waals surface area contributed by atoms with E-state index >= 15 is 0 Å². The van der Waals surface area contributed by atoms with Crippen LogP contribution in [-0.2, 0) is 6.42 Å². The van der Waals surface area contributed by atoms with Gasteiger partial charge in [0.1, 0.15) is 0 Å². The van der Waals surface area contributed by atoms with Crippen molar-refractivity contribution in [2.75, 3.05) is 24.5 Å². The van der Waals surface area contributed by atoms with Gasteiger partial charge in [-0.2, -0.15) is 0 Å². The molecule has 31 heavy (non-hydrogen) atoms. The van der Waals surface area contributed by atoms with Crippen molar-refractivity contribution in [1.82, 2.24) is 4.98 Å². The standard InChI is InChI=1S/C28H33N3/c1-3-31(4-2)24-16-13-22(14-17-24)28-25(12-8-9-19-29)26-20-23(15-18-27(26)30-28)21-10-6-5-7-11-21/h5-7,10-11,13-18,20,30H,3-4,8-9,12,19,29H2,1-2H3. The van der Waals surface area contributed by atoms with Crippen LogP contribution in [0.4, 0.5) is 5.69 Å². The van der Waals surface area contributed by atoms with E-state index in [9.17, 15) is 0 Å². The van der Waals surface area contributed by atoms with Crippen molar-refractivity contribution >= 4 is 16.6 Å². The predicted octanol–water partition coefficient (Wildman–Crippen LogP) is 6.63. The van der Waals surface area contributed by atoms with Crippen molar-refractivity contribution in [2.45, 2.75) is 33.1 Å². The zero-order valence-electron chi connectivity index (χ0n) is 18.7. The Morgan fingerprint density at radius 2 is 1.48 bits per heavy atom. The molecule has 3 heteroatoms. The highest BCUT2D eigenvalue weighted by Gasteiger charge is 2.14. The van der Waals surface area contributed by atoms with Crippen molar-refractivity contribution < 1.29 is 0 Å². The Morgan fingerprint density at radius 1 is 0.774 bits per heavy atom. The monoisotopic (exact) mass is 411 g/mol. The lowest BCUT2D eigenvalue weighted by atomic mass is 9.97. The number of anilines is 1. The summed E-state index contributed by atoms with van der Waals surface area (Å²) < 4.78 is 0. The zero-order chi connectivity index (χ0) is 21.6. The van der Waals surface area contributed by atoms with Gasteiger partial charge in [-0.05, 0) is 86.2 Å². The fourth-order valence-electron chi connectivity index (χ4n) is 4.44. The van der Waals surface area contributed by atoms with Gasteiger partial charge >= 0.3 is 0 Å². The molecule has 0 fully saturated rings.